The molecule has 0 radical (unpaired) electrons. The van der Waals surface area contributed by atoms with Crippen molar-refractivity contribution >= 4 is 17.3 Å². The number of nitro groups is 2. The Balaban J connectivity index is 2.99. The summed E-state index contributed by atoms with van der Waals surface area (Å²) in [6.45, 7) is -1.01. The third-order valence-electron chi connectivity index (χ3n) is 2.66. The van der Waals surface area contributed by atoms with Crippen LogP contribution < -0.4 is 5.32 Å². The maximum atomic E-state index is 11.5. The SMILES string of the molecule is CNC(CO)C(=O)OCc1cccc([N+](=O)[O-])c1[N+](=O)[O-]. The molecule has 21 heavy (non-hydrogen) atoms. The Morgan fingerprint density at radius 1 is 1.38 bits per heavy atom. The molecule has 114 valence electrons. The van der Waals surface area contributed by atoms with E-state index in [4.69, 9.17) is 9.84 Å². The van der Waals surface area contributed by atoms with Crippen LogP contribution in [0.15, 0.2) is 18.2 Å². The summed E-state index contributed by atoms with van der Waals surface area (Å²) < 4.78 is 4.81. The molecule has 0 spiro atoms. The minimum Gasteiger partial charge on any atom is -0.459 e. The van der Waals surface area contributed by atoms with Crippen LogP contribution in [-0.2, 0) is 16.1 Å². The molecule has 1 aromatic rings. The van der Waals surface area contributed by atoms with Crippen molar-refractivity contribution in [3.8, 4) is 0 Å². The van der Waals surface area contributed by atoms with E-state index in [9.17, 15) is 25.0 Å². The van der Waals surface area contributed by atoms with Crippen LogP contribution in [0.5, 0.6) is 0 Å². The van der Waals surface area contributed by atoms with E-state index in [0.717, 1.165) is 6.07 Å². The van der Waals surface area contributed by atoms with Crippen molar-refractivity contribution in [1.29, 1.82) is 0 Å². The summed E-state index contributed by atoms with van der Waals surface area (Å²) in [6.07, 6.45) is 0. The zero-order valence-electron chi connectivity index (χ0n) is 11.0. The zero-order chi connectivity index (χ0) is 16.0. The Kier molecular flexibility index (Phi) is 5.69. The first-order valence-corrected chi connectivity index (χ1v) is 5.77. The molecule has 0 aliphatic carbocycles. The standard InChI is InChI=1S/C11H13N3O7/c1-12-8(5-15)11(16)21-6-7-3-2-4-9(13(17)18)10(7)14(19)20/h2-4,8,12,15H,5-6H2,1H3. The summed E-state index contributed by atoms with van der Waals surface area (Å²) in [4.78, 5) is 31.5. The van der Waals surface area contributed by atoms with Crippen molar-refractivity contribution in [2.45, 2.75) is 12.6 Å². The first-order valence-electron chi connectivity index (χ1n) is 5.77. The number of aliphatic hydroxyl groups excluding tert-OH is 1. The van der Waals surface area contributed by atoms with Gasteiger partial charge in [0.1, 0.15) is 12.6 Å². The Labute approximate surface area is 118 Å². The molecule has 10 nitrogen and oxygen atoms in total. The first-order chi connectivity index (χ1) is 9.92. The molecular weight excluding hydrogens is 286 g/mol. The van der Waals surface area contributed by atoms with Crippen LogP contribution in [0.2, 0.25) is 0 Å². The van der Waals surface area contributed by atoms with Crippen molar-refractivity contribution < 1.29 is 24.5 Å². The highest BCUT2D eigenvalue weighted by Crippen LogP contribution is 2.30. The quantitative estimate of drug-likeness (QED) is 0.410. The predicted octanol–water partition coefficient (Wildman–Crippen LogP) is 0.126. The number of likely N-dealkylation sites (N-methyl/N-ethyl adjacent to an activating group) is 1. The average molecular weight is 299 g/mol. The molecule has 0 fully saturated rings. The summed E-state index contributed by atoms with van der Waals surface area (Å²) in [6, 6.07) is 2.54. The fourth-order valence-corrected chi connectivity index (χ4v) is 1.59. The van der Waals surface area contributed by atoms with E-state index in [1.165, 1.54) is 19.2 Å². The number of aliphatic hydroxyl groups is 1. The van der Waals surface area contributed by atoms with E-state index >= 15 is 0 Å². The van der Waals surface area contributed by atoms with E-state index < -0.39 is 46.4 Å². The number of carbonyl (C=O) groups is 1. The molecule has 1 rings (SSSR count). The van der Waals surface area contributed by atoms with E-state index in [0.29, 0.717) is 0 Å². The van der Waals surface area contributed by atoms with Gasteiger partial charge in [-0.1, -0.05) is 6.07 Å². The molecule has 0 saturated carbocycles. The van der Waals surface area contributed by atoms with Crippen LogP contribution >= 0.6 is 0 Å². The van der Waals surface area contributed by atoms with E-state index in [1.54, 1.807) is 0 Å². The van der Waals surface area contributed by atoms with Crippen LogP contribution in [0.4, 0.5) is 11.4 Å². The van der Waals surface area contributed by atoms with Gasteiger partial charge in [-0.05, 0) is 13.1 Å². The lowest BCUT2D eigenvalue weighted by atomic mass is 10.1. The minimum absolute atomic E-state index is 0.102. The number of esters is 1. The van der Waals surface area contributed by atoms with Gasteiger partial charge in [0.2, 0.25) is 0 Å². The van der Waals surface area contributed by atoms with Crippen molar-refractivity contribution in [3.63, 3.8) is 0 Å². The molecule has 1 atom stereocenters. The molecule has 0 bridgehead atoms. The summed E-state index contributed by atoms with van der Waals surface area (Å²) >= 11 is 0. The second-order valence-electron chi connectivity index (χ2n) is 3.93. The molecule has 0 aliphatic rings. The maximum absolute atomic E-state index is 11.5. The topological polar surface area (TPSA) is 145 Å². The number of benzene rings is 1. The van der Waals surface area contributed by atoms with Crippen LogP contribution in [0.25, 0.3) is 0 Å². The van der Waals surface area contributed by atoms with Crippen molar-refractivity contribution in [2.24, 2.45) is 0 Å². The average Bonchev–Trinajstić information content (AvgIpc) is 2.45. The molecule has 0 heterocycles. The van der Waals surface area contributed by atoms with Gasteiger partial charge in [-0.3, -0.25) is 25.0 Å². The van der Waals surface area contributed by atoms with E-state index in [-0.39, 0.29) is 5.56 Å². The summed E-state index contributed by atoms with van der Waals surface area (Å²) in [5.41, 5.74) is -1.50. The molecule has 0 aliphatic heterocycles. The lowest BCUT2D eigenvalue weighted by molar-refractivity contribution is -0.423. The Bertz CT molecular complexity index is 557. The van der Waals surface area contributed by atoms with Crippen LogP contribution in [0.1, 0.15) is 5.56 Å². The van der Waals surface area contributed by atoms with Gasteiger partial charge >= 0.3 is 17.3 Å². The molecule has 10 heteroatoms. The normalized spacial score (nSPS) is 11.7. The van der Waals surface area contributed by atoms with Crippen LogP contribution in [0.3, 0.4) is 0 Å². The van der Waals surface area contributed by atoms with E-state index in [2.05, 4.69) is 5.32 Å². The van der Waals surface area contributed by atoms with Gasteiger partial charge in [0.15, 0.2) is 0 Å². The number of nitro benzene ring substituents is 2. The molecule has 0 saturated heterocycles. The Hall–Kier alpha value is -2.59. The van der Waals surface area contributed by atoms with Gasteiger partial charge in [0.25, 0.3) is 0 Å². The summed E-state index contributed by atoms with van der Waals surface area (Å²) in [5.74, 6) is -0.819. The molecule has 0 aromatic heterocycles. The largest absolute Gasteiger partial charge is 0.459 e. The highest BCUT2D eigenvalue weighted by atomic mass is 16.6. The maximum Gasteiger partial charge on any atom is 0.352 e. The van der Waals surface area contributed by atoms with Gasteiger partial charge in [-0.25, -0.2) is 0 Å². The predicted molar refractivity (Wildman–Crippen MR) is 69.5 cm³/mol. The fraction of sp³-hybridized carbons (Fsp3) is 0.364. The Morgan fingerprint density at radius 2 is 2.05 bits per heavy atom. The van der Waals surface area contributed by atoms with Gasteiger partial charge in [-0.15, -0.1) is 0 Å². The summed E-state index contributed by atoms with van der Waals surface area (Å²) in [5, 5.41) is 33.1. The molecule has 1 aromatic carbocycles. The third-order valence-corrected chi connectivity index (χ3v) is 2.66. The van der Waals surface area contributed by atoms with Crippen LogP contribution in [-0.4, -0.2) is 40.6 Å². The minimum atomic E-state index is -0.970. The van der Waals surface area contributed by atoms with Crippen molar-refractivity contribution in [3.05, 3.63) is 44.0 Å². The number of ether oxygens (including phenoxy) is 1. The third kappa shape index (κ3) is 3.94. The highest BCUT2D eigenvalue weighted by molar-refractivity contribution is 5.76. The zero-order valence-corrected chi connectivity index (χ0v) is 11.0. The lowest BCUT2D eigenvalue weighted by Gasteiger charge is -2.12. The molecule has 2 N–H and O–H groups in total. The van der Waals surface area contributed by atoms with Gasteiger partial charge in [0, 0.05) is 6.07 Å². The first kappa shape index (κ1) is 16.5. The second-order valence-corrected chi connectivity index (χ2v) is 3.93. The molecule has 0 amide bonds. The number of hydrogen-bond donors (Lipinski definition) is 2. The lowest BCUT2D eigenvalue weighted by Crippen LogP contribution is -2.38. The van der Waals surface area contributed by atoms with Gasteiger partial charge in [0.05, 0.1) is 22.0 Å². The van der Waals surface area contributed by atoms with Gasteiger partial charge < -0.3 is 15.2 Å². The summed E-state index contributed by atoms with van der Waals surface area (Å²) in [7, 11) is 1.43. The smallest absolute Gasteiger partial charge is 0.352 e. The highest BCUT2D eigenvalue weighted by Gasteiger charge is 2.29. The number of carbonyl (C=O) groups excluding carboxylic acids is 1. The van der Waals surface area contributed by atoms with Crippen molar-refractivity contribution in [2.75, 3.05) is 13.7 Å². The monoisotopic (exact) mass is 299 g/mol. The van der Waals surface area contributed by atoms with E-state index in [1.807, 2.05) is 0 Å². The van der Waals surface area contributed by atoms with Crippen LogP contribution in [0, 0.1) is 20.2 Å². The number of nitrogens with one attached hydrogen (secondary N) is 1. The fourth-order valence-electron chi connectivity index (χ4n) is 1.59. The molecule has 1 unspecified atom stereocenters. The number of nitrogens with zero attached hydrogens (tertiary/aromatic N) is 2. The number of hydrogen-bond acceptors (Lipinski definition) is 8. The van der Waals surface area contributed by atoms with Crippen molar-refractivity contribution in [1.82, 2.24) is 5.32 Å². The Morgan fingerprint density at radius 3 is 2.52 bits per heavy atom. The van der Waals surface area contributed by atoms with Gasteiger partial charge in [-0.2, -0.15) is 0 Å². The molecular formula is C11H13N3O7. The number of rotatable bonds is 7. The second kappa shape index (κ2) is 7.26. The number of para-hydroxylation sites is 1.